The summed E-state index contributed by atoms with van der Waals surface area (Å²) in [5, 5.41) is 0. The Balaban J connectivity index is 0.00000578. The van der Waals surface area contributed by atoms with E-state index in [2.05, 4.69) is 105 Å². The van der Waals surface area contributed by atoms with Crippen LogP contribution in [0.4, 0.5) is 5.69 Å². The van der Waals surface area contributed by atoms with E-state index in [0.29, 0.717) is 0 Å². The Morgan fingerprint density at radius 2 is 1.21 bits per heavy atom. The molecule has 34 heavy (non-hydrogen) atoms. The molecule has 3 nitrogen and oxygen atoms in total. The van der Waals surface area contributed by atoms with Gasteiger partial charge in [-0.05, 0) is 56.9 Å². The van der Waals surface area contributed by atoms with Crippen molar-refractivity contribution < 1.29 is 26.0 Å². The molecule has 0 aliphatic heterocycles. The van der Waals surface area contributed by atoms with Crippen molar-refractivity contribution in [2.75, 3.05) is 44.2 Å². The second kappa shape index (κ2) is 16.9. The van der Waals surface area contributed by atoms with E-state index in [9.17, 15) is 0 Å². The summed E-state index contributed by atoms with van der Waals surface area (Å²) in [4.78, 5) is 2.54. The van der Waals surface area contributed by atoms with Crippen molar-refractivity contribution in [1.82, 2.24) is 0 Å². The molecule has 0 amide bonds. The van der Waals surface area contributed by atoms with Crippen LogP contribution in [-0.4, -0.2) is 43.8 Å². The zero-order valence-corrected chi connectivity index (χ0v) is 24.1. The summed E-state index contributed by atoms with van der Waals surface area (Å²) in [6, 6.07) is 13.5. The van der Waals surface area contributed by atoms with Gasteiger partial charge in [0.1, 0.15) is 0 Å². The molecule has 0 unspecified atom stereocenters. The highest BCUT2D eigenvalue weighted by Gasteiger charge is 2.20. The van der Waals surface area contributed by atoms with Crippen LogP contribution in [0.1, 0.15) is 77.8 Å². The van der Waals surface area contributed by atoms with Crippen LogP contribution < -0.4 is 26.4 Å². The average molecular weight is 532 g/mol. The van der Waals surface area contributed by atoms with E-state index >= 15 is 0 Å². The number of benzene rings is 1. The molecule has 0 fully saturated rings. The van der Waals surface area contributed by atoms with E-state index in [1.807, 2.05) is 0 Å². The molecule has 0 bridgehead atoms. The molecule has 0 radical (unpaired) electrons. The quantitative estimate of drug-likeness (QED) is 0.236. The van der Waals surface area contributed by atoms with Gasteiger partial charge in [0.25, 0.3) is 0 Å². The van der Waals surface area contributed by atoms with E-state index < -0.39 is 0 Å². The highest BCUT2D eigenvalue weighted by molar-refractivity contribution is 5.70. The van der Waals surface area contributed by atoms with Crippen LogP contribution in [0.5, 0.6) is 0 Å². The van der Waals surface area contributed by atoms with Crippen molar-refractivity contribution in [3.05, 3.63) is 59.9 Å². The Kier molecular flexibility index (Phi) is 15.1. The van der Waals surface area contributed by atoms with E-state index in [0.717, 1.165) is 19.6 Å². The first-order chi connectivity index (χ1) is 16.1. The second-order valence-corrected chi connectivity index (χ2v) is 9.36. The molecular formula is C30H49BrN3+. The van der Waals surface area contributed by atoms with Crippen LogP contribution in [-0.2, 0) is 6.54 Å². The number of aryl methyl sites for hydroxylation is 1. The van der Waals surface area contributed by atoms with E-state index in [4.69, 9.17) is 0 Å². The van der Waals surface area contributed by atoms with E-state index in [1.165, 1.54) is 79.6 Å². The van der Waals surface area contributed by atoms with Crippen molar-refractivity contribution in [2.45, 2.75) is 73.3 Å². The lowest BCUT2D eigenvalue weighted by atomic mass is 10.1. The predicted molar refractivity (Wildman–Crippen MR) is 145 cm³/mol. The van der Waals surface area contributed by atoms with Gasteiger partial charge < -0.3 is 26.4 Å². The summed E-state index contributed by atoms with van der Waals surface area (Å²) in [6.45, 7) is 19.9. The summed E-state index contributed by atoms with van der Waals surface area (Å²) in [5.41, 5.74) is 3.87. The third kappa shape index (κ3) is 9.92. The largest absolute Gasteiger partial charge is 1.00 e. The fourth-order valence-corrected chi connectivity index (χ4v) is 4.52. The van der Waals surface area contributed by atoms with Crippen molar-refractivity contribution >= 4 is 17.8 Å². The molecule has 190 valence electrons. The first-order valence-electron chi connectivity index (χ1n) is 13.5. The van der Waals surface area contributed by atoms with Crippen molar-refractivity contribution in [3.8, 4) is 0 Å². The monoisotopic (exact) mass is 530 g/mol. The summed E-state index contributed by atoms with van der Waals surface area (Å²) < 4.78 is 3.55. The first kappa shape index (κ1) is 30.4. The molecule has 0 spiro atoms. The highest BCUT2D eigenvalue weighted by atomic mass is 79.9. The van der Waals surface area contributed by atoms with Crippen molar-refractivity contribution in [2.24, 2.45) is 0 Å². The standard InChI is InChI=1S/C30H49N3.BrH/c1-6-11-23-32(24-12-7-2)30-18-16-28(17-19-30)14-15-29-20-25-31(26-21-29)22-13-27-33(8-3,9-4)10-5;/h14-21,25-26H,6-13,22-24,27H2,1-5H3;1H/q+2;/p-1. The van der Waals surface area contributed by atoms with Crippen LogP contribution in [0.25, 0.3) is 12.2 Å². The molecule has 0 aliphatic rings. The lowest BCUT2D eigenvalue weighted by Crippen LogP contribution is -3.00. The average Bonchev–Trinajstić information content (AvgIpc) is 2.87. The van der Waals surface area contributed by atoms with E-state index in [1.54, 1.807) is 0 Å². The fraction of sp³-hybridized carbons (Fsp3) is 0.567. The summed E-state index contributed by atoms with van der Waals surface area (Å²) >= 11 is 0. The molecule has 2 rings (SSSR count). The van der Waals surface area contributed by atoms with Gasteiger partial charge >= 0.3 is 0 Å². The molecule has 1 heterocycles. The number of rotatable bonds is 16. The Hall–Kier alpha value is -1.65. The molecule has 1 aromatic carbocycles. The van der Waals surface area contributed by atoms with Gasteiger partial charge in [0, 0.05) is 30.9 Å². The van der Waals surface area contributed by atoms with Crippen LogP contribution >= 0.6 is 0 Å². The topological polar surface area (TPSA) is 7.12 Å². The number of unbranched alkanes of at least 4 members (excludes halogenated alkanes) is 2. The zero-order chi connectivity index (χ0) is 23.9. The number of halogens is 1. The maximum absolute atomic E-state index is 2.54. The van der Waals surface area contributed by atoms with Crippen molar-refractivity contribution in [3.63, 3.8) is 0 Å². The Morgan fingerprint density at radius 1 is 0.706 bits per heavy atom. The third-order valence-corrected chi connectivity index (χ3v) is 7.27. The summed E-state index contributed by atoms with van der Waals surface area (Å²) in [7, 11) is 0. The highest BCUT2D eigenvalue weighted by Crippen LogP contribution is 2.18. The van der Waals surface area contributed by atoms with Crippen LogP contribution in [0.3, 0.4) is 0 Å². The third-order valence-electron chi connectivity index (χ3n) is 7.27. The van der Waals surface area contributed by atoms with Gasteiger partial charge in [-0.3, -0.25) is 0 Å². The molecule has 0 atom stereocenters. The van der Waals surface area contributed by atoms with Gasteiger partial charge in [0.05, 0.1) is 32.6 Å². The number of hydrogen-bond acceptors (Lipinski definition) is 1. The normalized spacial score (nSPS) is 11.6. The molecule has 0 saturated heterocycles. The fourth-order valence-electron chi connectivity index (χ4n) is 4.52. The summed E-state index contributed by atoms with van der Waals surface area (Å²) in [5.74, 6) is 0. The van der Waals surface area contributed by atoms with Gasteiger partial charge in [0.15, 0.2) is 18.9 Å². The number of pyridine rings is 1. The smallest absolute Gasteiger partial charge is 0.169 e. The Morgan fingerprint density at radius 3 is 1.68 bits per heavy atom. The number of nitrogens with zero attached hydrogens (tertiary/aromatic N) is 3. The first-order valence-corrected chi connectivity index (χ1v) is 13.5. The second-order valence-electron chi connectivity index (χ2n) is 9.36. The van der Waals surface area contributed by atoms with Gasteiger partial charge in [0.2, 0.25) is 0 Å². The number of anilines is 1. The minimum absolute atomic E-state index is 0. The minimum atomic E-state index is 0. The number of hydrogen-bond donors (Lipinski definition) is 0. The SMILES string of the molecule is CCCCN(CCCC)c1ccc(/C=C/c2cc[n+](CCC[N+](CC)(CC)CC)cc2)cc1.[Br-]. The molecule has 0 saturated carbocycles. The van der Waals surface area contributed by atoms with Crippen molar-refractivity contribution in [1.29, 1.82) is 0 Å². The lowest BCUT2D eigenvalue weighted by molar-refractivity contribution is -0.925. The molecule has 0 aliphatic carbocycles. The molecule has 0 N–H and O–H groups in total. The predicted octanol–water partition coefficient (Wildman–Crippen LogP) is 3.82. The Bertz CT molecular complexity index is 779. The van der Waals surface area contributed by atoms with E-state index in [-0.39, 0.29) is 17.0 Å². The lowest BCUT2D eigenvalue weighted by Gasteiger charge is -2.35. The maximum Gasteiger partial charge on any atom is 0.169 e. The Labute approximate surface area is 220 Å². The molecule has 2 aromatic rings. The number of quaternary nitrogens is 1. The molecule has 4 heteroatoms. The van der Waals surface area contributed by atoms with Crippen LogP contribution in [0.15, 0.2) is 48.8 Å². The number of aromatic nitrogens is 1. The van der Waals surface area contributed by atoms with Gasteiger partial charge in [-0.2, -0.15) is 0 Å². The maximum atomic E-state index is 2.54. The minimum Gasteiger partial charge on any atom is -1.00 e. The summed E-state index contributed by atoms with van der Waals surface area (Å²) in [6.07, 6.45) is 15.1. The van der Waals surface area contributed by atoms with Gasteiger partial charge in [-0.25, -0.2) is 4.57 Å². The van der Waals surface area contributed by atoms with Gasteiger partial charge in [-0.1, -0.05) is 51.0 Å². The van der Waals surface area contributed by atoms with Crippen LogP contribution in [0, 0.1) is 0 Å². The van der Waals surface area contributed by atoms with Crippen LogP contribution in [0.2, 0.25) is 0 Å². The van der Waals surface area contributed by atoms with Gasteiger partial charge in [-0.15, -0.1) is 0 Å². The molecule has 1 aromatic heterocycles. The zero-order valence-electron chi connectivity index (χ0n) is 22.5. The molecular weight excluding hydrogens is 482 g/mol.